The van der Waals surface area contributed by atoms with Crippen LogP contribution in [0.4, 0.5) is 0 Å². The summed E-state index contributed by atoms with van der Waals surface area (Å²) in [4.78, 5) is 11.5. The molecule has 0 unspecified atom stereocenters. The highest BCUT2D eigenvalue weighted by Crippen LogP contribution is 2.27. The molecule has 1 saturated carbocycles. The molecule has 2 rings (SSSR count). The maximum Gasteiger partial charge on any atom is 0.173 e. The summed E-state index contributed by atoms with van der Waals surface area (Å²) in [5.74, 6) is 1.82. The molecule has 0 N–H and O–H groups in total. The highest BCUT2D eigenvalue weighted by atomic mass is 79.9. The molecule has 0 radical (unpaired) electrons. The first kappa shape index (κ1) is 13.6. The van der Waals surface area contributed by atoms with Gasteiger partial charge in [-0.25, -0.2) is 0 Å². The molecule has 1 aromatic rings. The van der Waals surface area contributed by atoms with Crippen molar-refractivity contribution in [3.63, 3.8) is 0 Å². The third kappa shape index (κ3) is 3.58. The minimum absolute atomic E-state index is 0.105. The molecule has 0 aromatic heterocycles. The number of benzene rings is 1. The number of carbonyl (C=O) groups excluding carboxylic acids is 1. The van der Waals surface area contributed by atoms with Crippen molar-refractivity contribution in [1.29, 1.82) is 0 Å². The first-order chi connectivity index (χ1) is 8.69. The van der Waals surface area contributed by atoms with Crippen LogP contribution >= 0.6 is 15.9 Å². The van der Waals surface area contributed by atoms with E-state index in [9.17, 15) is 4.79 Å². The van der Waals surface area contributed by atoms with E-state index in [1.807, 2.05) is 24.3 Å². The molecule has 1 aliphatic carbocycles. The standard InChI is InChI=1S/C15H19BrO2/c1-11-2-6-13(7-3-11)18-14-8-4-12(5-9-14)15(17)10-16/h4-5,8-9,11,13H,2-3,6-7,10H2,1H3/t11-,13+. The van der Waals surface area contributed by atoms with E-state index in [2.05, 4.69) is 22.9 Å². The summed E-state index contributed by atoms with van der Waals surface area (Å²) >= 11 is 3.17. The summed E-state index contributed by atoms with van der Waals surface area (Å²) in [6.45, 7) is 2.30. The molecule has 0 saturated heterocycles. The van der Waals surface area contributed by atoms with Gasteiger partial charge in [0.2, 0.25) is 0 Å². The summed E-state index contributed by atoms with van der Waals surface area (Å²) in [5, 5.41) is 0.369. The average Bonchev–Trinajstić information content (AvgIpc) is 2.41. The summed E-state index contributed by atoms with van der Waals surface area (Å²) in [6, 6.07) is 7.47. The minimum atomic E-state index is 0.105. The van der Waals surface area contributed by atoms with Gasteiger partial charge in [0.25, 0.3) is 0 Å². The van der Waals surface area contributed by atoms with Crippen LogP contribution < -0.4 is 4.74 Å². The van der Waals surface area contributed by atoms with Crippen LogP contribution in [0.25, 0.3) is 0 Å². The predicted octanol–water partition coefficient (Wildman–Crippen LogP) is 4.22. The summed E-state index contributed by atoms with van der Waals surface area (Å²) < 4.78 is 5.95. The van der Waals surface area contributed by atoms with Crippen LogP contribution in [0, 0.1) is 5.92 Å². The Labute approximate surface area is 117 Å². The average molecular weight is 311 g/mol. The van der Waals surface area contributed by atoms with Gasteiger partial charge in [0, 0.05) is 5.56 Å². The Morgan fingerprint density at radius 2 is 1.83 bits per heavy atom. The van der Waals surface area contributed by atoms with Crippen molar-refractivity contribution in [2.45, 2.75) is 38.7 Å². The molecule has 2 nitrogen and oxygen atoms in total. The van der Waals surface area contributed by atoms with Gasteiger partial charge in [-0.15, -0.1) is 0 Å². The number of halogens is 1. The van der Waals surface area contributed by atoms with Crippen LogP contribution in [0.3, 0.4) is 0 Å². The van der Waals surface area contributed by atoms with Crippen LogP contribution in [0.15, 0.2) is 24.3 Å². The van der Waals surface area contributed by atoms with Crippen LogP contribution in [-0.2, 0) is 0 Å². The molecule has 1 aromatic carbocycles. The van der Waals surface area contributed by atoms with Crippen LogP contribution in [-0.4, -0.2) is 17.2 Å². The Bertz CT molecular complexity index is 391. The summed E-state index contributed by atoms with van der Waals surface area (Å²) in [6.07, 6.45) is 5.14. The SMILES string of the molecule is C[C@H]1CC[C@@H](Oc2ccc(C(=O)CBr)cc2)CC1. The number of hydrogen-bond donors (Lipinski definition) is 0. The topological polar surface area (TPSA) is 26.3 Å². The molecule has 18 heavy (non-hydrogen) atoms. The third-order valence-corrected chi connectivity index (χ3v) is 4.07. The van der Waals surface area contributed by atoms with Gasteiger partial charge in [-0.05, 0) is 55.9 Å². The van der Waals surface area contributed by atoms with Gasteiger partial charge in [-0.2, -0.15) is 0 Å². The molecule has 1 aliphatic rings. The first-order valence-electron chi connectivity index (χ1n) is 6.55. The van der Waals surface area contributed by atoms with E-state index >= 15 is 0 Å². The van der Waals surface area contributed by atoms with Crippen molar-refractivity contribution in [3.8, 4) is 5.75 Å². The lowest BCUT2D eigenvalue weighted by Crippen LogP contribution is -2.23. The molecule has 0 atom stereocenters. The van der Waals surface area contributed by atoms with Gasteiger partial charge in [0.1, 0.15) is 5.75 Å². The Balaban J connectivity index is 1.92. The number of alkyl halides is 1. The normalized spacial score (nSPS) is 23.7. The van der Waals surface area contributed by atoms with Gasteiger partial charge in [-0.1, -0.05) is 22.9 Å². The molecule has 3 heteroatoms. The van der Waals surface area contributed by atoms with E-state index < -0.39 is 0 Å². The Morgan fingerprint density at radius 3 is 2.39 bits per heavy atom. The molecule has 0 amide bonds. The lowest BCUT2D eigenvalue weighted by atomic mass is 9.89. The van der Waals surface area contributed by atoms with Crippen molar-refractivity contribution in [1.82, 2.24) is 0 Å². The Kier molecular flexibility index (Phi) is 4.81. The van der Waals surface area contributed by atoms with Crippen molar-refractivity contribution in [2.75, 3.05) is 5.33 Å². The highest BCUT2D eigenvalue weighted by Gasteiger charge is 2.19. The monoisotopic (exact) mass is 310 g/mol. The molecular weight excluding hydrogens is 292 g/mol. The fourth-order valence-corrected chi connectivity index (χ4v) is 2.66. The molecule has 1 fully saturated rings. The number of ether oxygens (including phenoxy) is 1. The molecule has 0 spiro atoms. The molecule has 98 valence electrons. The van der Waals surface area contributed by atoms with Crippen LogP contribution in [0.5, 0.6) is 5.75 Å². The Hall–Kier alpha value is -0.830. The van der Waals surface area contributed by atoms with Gasteiger partial charge in [-0.3, -0.25) is 4.79 Å². The Morgan fingerprint density at radius 1 is 1.22 bits per heavy atom. The number of Topliss-reactive ketones (excluding diaryl/α,β-unsaturated/α-hetero) is 1. The molecular formula is C15H19BrO2. The molecule has 0 aliphatic heterocycles. The minimum Gasteiger partial charge on any atom is -0.490 e. The van der Waals surface area contributed by atoms with E-state index in [-0.39, 0.29) is 5.78 Å². The van der Waals surface area contributed by atoms with E-state index in [0.29, 0.717) is 11.4 Å². The maximum absolute atomic E-state index is 11.5. The van der Waals surface area contributed by atoms with Crippen molar-refractivity contribution < 1.29 is 9.53 Å². The third-order valence-electron chi connectivity index (χ3n) is 3.56. The zero-order valence-corrected chi connectivity index (χ0v) is 12.3. The fourth-order valence-electron chi connectivity index (χ4n) is 2.34. The smallest absolute Gasteiger partial charge is 0.173 e. The second-order valence-electron chi connectivity index (χ2n) is 5.08. The van der Waals surface area contributed by atoms with E-state index in [4.69, 9.17) is 4.74 Å². The lowest BCUT2D eigenvalue weighted by Gasteiger charge is -2.26. The molecule has 0 bridgehead atoms. The van der Waals surface area contributed by atoms with E-state index in [1.165, 1.54) is 12.8 Å². The number of ketones is 1. The molecule has 0 heterocycles. The largest absolute Gasteiger partial charge is 0.490 e. The number of hydrogen-bond acceptors (Lipinski definition) is 2. The number of rotatable bonds is 4. The maximum atomic E-state index is 11.5. The lowest BCUT2D eigenvalue weighted by molar-refractivity contribution is 0.102. The quantitative estimate of drug-likeness (QED) is 0.615. The van der Waals surface area contributed by atoms with Crippen LogP contribution in [0.2, 0.25) is 0 Å². The van der Waals surface area contributed by atoms with Crippen molar-refractivity contribution in [3.05, 3.63) is 29.8 Å². The van der Waals surface area contributed by atoms with Crippen LogP contribution in [0.1, 0.15) is 43.0 Å². The van der Waals surface area contributed by atoms with E-state index in [0.717, 1.165) is 30.1 Å². The zero-order valence-electron chi connectivity index (χ0n) is 10.7. The zero-order chi connectivity index (χ0) is 13.0. The van der Waals surface area contributed by atoms with Gasteiger partial charge in [0.05, 0.1) is 11.4 Å². The summed E-state index contributed by atoms with van der Waals surface area (Å²) in [7, 11) is 0. The van der Waals surface area contributed by atoms with E-state index in [1.54, 1.807) is 0 Å². The van der Waals surface area contributed by atoms with Gasteiger partial charge >= 0.3 is 0 Å². The number of carbonyl (C=O) groups is 1. The fraction of sp³-hybridized carbons (Fsp3) is 0.533. The van der Waals surface area contributed by atoms with Crippen molar-refractivity contribution in [2.24, 2.45) is 5.92 Å². The van der Waals surface area contributed by atoms with Gasteiger partial charge in [0.15, 0.2) is 5.78 Å². The highest BCUT2D eigenvalue weighted by molar-refractivity contribution is 9.09. The summed E-state index contributed by atoms with van der Waals surface area (Å²) in [5.41, 5.74) is 0.733. The second kappa shape index (κ2) is 6.37. The second-order valence-corrected chi connectivity index (χ2v) is 5.64. The first-order valence-corrected chi connectivity index (χ1v) is 7.67. The predicted molar refractivity (Wildman–Crippen MR) is 76.6 cm³/mol. The van der Waals surface area contributed by atoms with Gasteiger partial charge < -0.3 is 4.74 Å². The van der Waals surface area contributed by atoms with Crippen molar-refractivity contribution >= 4 is 21.7 Å².